The largest absolute Gasteiger partial charge is 0.322 e. The third-order valence-corrected chi connectivity index (χ3v) is 6.86. The van der Waals surface area contributed by atoms with Gasteiger partial charge in [-0.1, -0.05) is 41.9 Å². The Labute approximate surface area is 201 Å². The van der Waals surface area contributed by atoms with Crippen molar-refractivity contribution in [2.45, 2.75) is 17.5 Å². The van der Waals surface area contributed by atoms with Gasteiger partial charge in [0.15, 0.2) is 0 Å². The minimum atomic E-state index is -0.525. The molecule has 1 unspecified atom stereocenters. The molecule has 0 fully saturated rings. The Hall–Kier alpha value is -3.22. The number of benzene rings is 3. The molecule has 33 heavy (non-hydrogen) atoms. The molecule has 1 aliphatic heterocycles. The standard InChI is InChI=1S/C26H21ClFN3OS/c1-33-20-11-8-17(9-12-20)25-24-7-4-14-30(24)23-6-3-2-5-18(23)16-31(25)26(32)29-19-10-13-22(28)21(27)15-19/h2-15,25H,16H2,1H3,(H,29,32). The van der Waals surface area contributed by atoms with Crippen molar-refractivity contribution in [2.24, 2.45) is 0 Å². The molecule has 7 heteroatoms. The van der Waals surface area contributed by atoms with Crippen LogP contribution in [-0.4, -0.2) is 21.8 Å². The fourth-order valence-electron chi connectivity index (χ4n) is 4.25. The van der Waals surface area contributed by atoms with Gasteiger partial charge in [0.25, 0.3) is 0 Å². The first-order valence-electron chi connectivity index (χ1n) is 10.5. The van der Waals surface area contributed by atoms with Gasteiger partial charge in [0, 0.05) is 22.5 Å². The first-order chi connectivity index (χ1) is 16.0. The van der Waals surface area contributed by atoms with Crippen molar-refractivity contribution in [3.05, 3.63) is 113 Å². The van der Waals surface area contributed by atoms with E-state index in [9.17, 15) is 9.18 Å². The minimum absolute atomic E-state index is 0.0351. The number of amides is 2. The number of nitrogens with zero attached hydrogens (tertiary/aromatic N) is 2. The number of carbonyl (C=O) groups is 1. The number of aromatic nitrogens is 1. The number of urea groups is 1. The molecule has 5 rings (SSSR count). The van der Waals surface area contributed by atoms with Crippen molar-refractivity contribution >= 4 is 35.1 Å². The highest BCUT2D eigenvalue weighted by Gasteiger charge is 2.33. The SMILES string of the molecule is CSc1ccc(C2c3cccn3-c3ccccc3CN2C(=O)Nc2ccc(F)c(Cl)c2)cc1. The van der Waals surface area contributed by atoms with Crippen LogP contribution < -0.4 is 5.32 Å². The van der Waals surface area contributed by atoms with Crippen LogP contribution in [0.2, 0.25) is 5.02 Å². The highest BCUT2D eigenvalue weighted by atomic mass is 35.5. The molecule has 0 saturated heterocycles. The van der Waals surface area contributed by atoms with E-state index in [1.807, 2.05) is 47.7 Å². The van der Waals surface area contributed by atoms with Gasteiger partial charge in [-0.2, -0.15) is 0 Å². The molecule has 2 amide bonds. The number of para-hydroxylation sites is 1. The summed E-state index contributed by atoms with van der Waals surface area (Å²) in [6, 6.07) is 24.0. The average molecular weight is 478 g/mol. The van der Waals surface area contributed by atoms with Crippen LogP contribution in [0.1, 0.15) is 22.9 Å². The van der Waals surface area contributed by atoms with Crippen molar-refractivity contribution in [2.75, 3.05) is 11.6 Å². The monoisotopic (exact) mass is 477 g/mol. The molecule has 1 aliphatic rings. The van der Waals surface area contributed by atoms with Gasteiger partial charge in [0.1, 0.15) is 5.82 Å². The molecule has 166 valence electrons. The number of rotatable bonds is 3. The summed E-state index contributed by atoms with van der Waals surface area (Å²) in [5.74, 6) is -0.525. The third-order valence-electron chi connectivity index (χ3n) is 5.83. The molecule has 0 bridgehead atoms. The summed E-state index contributed by atoms with van der Waals surface area (Å²) in [4.78, 5) is 16.6. The minimum Gasteiger partial charge on any atom is -0.318 e. The van der Waals surface area contributed by atoms with Gasteiger partial charge >= 0.3 is 6.03 Å². The lowest BCUT2D eigenvalue weighted by Gasteiger charge is -2.31. The number of thioether (sulfide) groups is 1. The Kier molecular flexibility index (Phi) is 5.87. The van der Waals surface area contributed by atoms with Crippen LogP contribution in [0.3, 0.4) is 0 Å². The van der Waals surface area contributed by atoms with Gasteiger partial charge in [-0.15, -0.1) is 11.8 Å². The lowest BCUT2D eigenvalue weighted by molar-refractivity contribution is 0.194. The van der Waals surface area contributed by atoms with E-state index in [0.29, 0.717) is 12.2 Å². The Morgan fingerprint density at radius 2 is 1.85 bits per heavy atom. The molecule has 0 aliphatic carbocycles. The first kappa shape index (κ1) is 21.6. The summed E-state index contributed by atoms with van der Waals surface area (Å²) in [6.07, 6.45) is 4.06. The molecule has 2 heterocycles. The summed E-state index contributed by atoms with van der Waals surface area (Å²) < 4.78 is 15.8. The number of fused-ring (bicyclic) bond motifs is 3. The zero-order valence-corrected chi connectivity index (χ0v) is 19.4. The molecular formula is C26H21ClFN3OS. The van der Waals surface area contributed by atoms with E-state index in [1.165, 1.54) is 18.2 Å². The summed E-state index contributed by atoms with van der Waals surface area (Å²) in [5.41, 5.74) is 4.52. The summed E-state index contributed by atoms with van der Waals surface area (Å²) in [6.45, 7) is 0.410. The molecule has 0 radical (unpaired) electrons. The van der Waals surface area contributed by atoms with Crippen molar-refractivity contribution in [3.63, 3.8) is 0 Å². The normalized spacial score (nSPS) is 14.9. The highest BCUT2D eigenvalue weighted by Crippen LogP contribution is 2.37. The van der Waals surface area contributed by atoms with Gasteiger partial charge in [-0.25, -0.2) is 9.18 Å². The van der Waals surface area contributed by atoms with Gasteiger partial charge in [-0.3, -0.25) is 0 Å². The van der Waals surface area contributed by atoms with Crippen LogP contribution in [0.25, 0.3) is 5.69 Å². The van der Waals surface area contributed by atoms with Crippen LogP contribution in [0, 0.1) is 5.82 Å². The van der Waals surface area contributed by atoms with Crippen molar-refractivity contribution in [1.29, 1.82) is 0 Å². The lowest BCUT2D eigenvalue weighted by atomic mass is 10.0. The quantitative estimate of drug-likeness (QED) is 0.319. The molecule has 4 nitrogen and oxygen atoms in total. The molecule has 1 atom stereocenters. The van der Waals surface area contributed by atoms with E-state index in [1.54, 1.807) is 11.8 Å². The zero-order chi connectivity index (χ0) is 22.9. The summed E-state index contributed by atoms with van der Waals surface area (Å²) in [5, 5.41) is 2.87. The van der Waals surface area contributed by atoms with E-state index in [4.69, 9.17) is 11.6 Å². The lowest BCUT2D eigenvalue weighted by Crippen LogP contribution is -2.37. The molecule has 1 aromatic heterocycles. The highest BCUT2D eigenvalue weighted by molar-refractivity contribution is 7.98. The number of nitrogens with one attached hydrogen (secondary N) is 1. The van der Waals surface area contributed by atoms with E-state index >= 15 is 0 Å². The maximum atomic E-state index is 13.6. The number of hydrogen-bond acceptors (Lipinski definition) is 2. The van der Waals surface area contributed by atoms with Crippen LogP contribution >= 0.6 is 23.4 Å². The molecule has 0 spiro atoms. The molecule has 3 aromatic carbocycles. The predicted octanol–water partition coefficient (Wildman–Crippen LogP) is 7.13. The number of carbonyl (C=O) groups excluding carboxylic acids is 1. The second-order valence-electron chi connectivity index (χ2n) is 7.79. The molecule has 0 saturated carbocycles. The molecule has 1 N–H and O–H groups in total. The van der Waals surface area contributed by atoms with E-state index in [0.717, 1.165) is 27.4 Å². The van der Waals surface area contributed by atoms with Crippen LogP contribution in [0.15, 0.2) is 90.0 Å². The van der Waals surface area contributed by atoms with Gasteiger partial charge in [0.05, 0.1) is 23.3 Å². The van der Waals surface area contributed by atoms with Gasteiger partial charge in [0.2, 0.25) is 0 Å². The van der Waals surface area contributed by atoms with Crippen LogP contribution in [0.5, 0.6) is 0 Å². The molecule has 4 aromatic rings. The Morgan fingerprint density at radius 3 is 2.61 bits per heavy atom. The summed E-state index contributed by atoms with van der Waals surface area (Å²) >= 11 is 7.61. The van der Waals surface area contributed by atoms with Gasteiger partial charge in [-0.05, 0) is 65.9 Å². The van der Waals surface area contributed by atoms with Crippen molar-refractivity contribution in [1.82, 2.24) is 9.47 Å². The first-order valence-corrected chi connectivity index (χ1v) is 12.1. The number of hydrogen-bond donors (Lipinski definition) is 1. The Bertz CT molecular complexity index is 1320. The topological polar surface area (TPSA) is 37.3 Å². The fourth-order valence-corrected chi connectivity index (χ4v) is 4.83. The summed E-state index contributed by atoms with van der Waals surface area (Å²) in [7, 11) is 0. The van der Waals surface area contributed by atoms with Crippen molar-refractivity contribution in [3.8, 4) is 5.69 Å². The Balaban J connectivity index is 1.61. The second-order valence-corrected chi connectivity index (χ2v) is 9.08. The van der Waals surface area contributed by atoms with E-state index in [-0.39, 0.29) is 17.1 Å². The number of anilines is 1. The van der Waals surface area contributed by atoms with Gasteiger partial charge < -0.3 is 14.8 Å². The van der Waals surface area contributed by atoms with Crippen LogP contribution in [-0.2, 0) is 6.54 Å². The third kappa shape index (κ3) is 4.12. The van der Waals surface area contributed by atoms with E-state index < -0.39 is 5.82 Å². The number of halogens is 2. The smallest absolute Gasteiger partial charge is 0.318 e. The van der Waals surface area contributed by atoms with Crippen LogP contribution in [0.4, 0.5) is 14.9 Å². The predicted molar refractivity (Wildman–Crippen MR) is 132 cm³/mol. The fraction of sp³-hybridized carbons (Fsp3) is 0.115. The molecular weight excluding hydrogens is 457 g/mol. The maximum absolute atomic E-state index is 13.6. The second kappa shape index (κ2) is 8.96. The zero-order valence-electron chi connectivity index (χ0n) is 17.8. The van der Waals surface area contributed by atoms with E-state index in [2.05, 4.69) is 40.2 Å². The average Bonchev–Trinajstić information content (AvgIpc) is 3.26. The Morgan fingerprint density at radius 1 is 1.06 bits per heavy atom. The van der Waals surface area contributed by atoms with Crippen molar-refractivity contribution < 1.29 is 9.18 Å². The maximum Gasteiger partial charge on any atom is 0.322 e.